The van der Waals surface area contributed by atoms with Crippen LogP contribution in [-0.4, -0.2) is 42.2 Å². The van der Waals surface area contributed by atoms with Crippen molar-refractivity contribution in [2.24, 2.45) is 0 Å². The number of amides is 1. The van der Waals surface area contributed by atoms with Crippen LogP contribution in [0.15, 0.2) is 54.6 Å². The van der Waals surface area contributed by atoms with Gasteiger partial charge in [0.05, 0.1) is 5.25 Å². The maximum absolute atomic E-state index is 13.0. The Morgan fingerprint density at radius 1 is 1.04 bits per heavy atom. The molecule has 1 amide bonds. The lowest BCUT2D eigenvalue weighted by atomic mass is 10.2. The Morgan fingerprint density at radius 2 is 1.68 bits per heavy atom. The van der Waals surface area contributed by atoms with E-state index in [1.165, 1.54) is 17.7 Å². The normalized spacial score (nSPS) is 15.9. The van der Waals surface area contributed by atoms with Gasteiger partial charge in [-0.15, -0.1) is 11.8 Å². The van der Waals surface area contributed by atoms with Crippen LogP contribution < -0.4 is 4.90 Å². The minimum absolute atomic E-state index is 0.0439. The summed E-state index contributed by atoms with van der Waals surface area (Å²) in [5.74, 6) is 0.838. The average molecular weight is 358 g/mol. The van der Waals surface area contributed by atoms with Crippen LogP contribution in [-0.2, 0) is 10.5 Å². The molecule has 5 heteroatoms. The van der Waals surface area contributed by atoms with Gasteiger partial charge in [-0.25, -0.2) is 4.39 Å². The number of thioether (sulfide) groups is 1. The van der Waals surface area contributed by atoms with Crippen molar-refractivity contribution in [1.82, 2.24) is 4.90 Å². The summed E-state index contributed by atoms with van der Waals surface area (Å²) in [7, 11) is 0. The zero-order chi connectivity index (χ0) is 17.6. The van der Waals surface area contributed by atoms with E-state index in [0.29, 0.717) is 13.1 Å². The van der Waals surface area contributed by atoms with Gasteiger partial charge in [0.25, 0.3) is 0 Å². The summed E-state index contributed by atoms with van der Waals surface area (Å²) in [6, 6.07) is 16.8. The van der Waals surface area contributed by atoms with E-state index >= 15 is 0 Å². The standard InChI is InChI=1S/C20H23FN2OS/c1-16(25-15-17-5-3-2-4-6-17)20(24)23-13-11-22(12-14-23)19-9-7-18(21)8-10-19/h2-10,16H,11-15H2,1H3/t16-/m0/s1. The molecule has 0 radical (unpaired) electrons. The Hall–Kier alpha value is -2.01. The fraction of sp³-hybridized carbons (Fsp3) is 0.350. The third kappa shape index (κ3) is 4.75. The van der Waals surface area contributed by atoms with Gasteiger partial charge in [0.15, 0.2) is 0 Å². The van der Waals surface area contributed by atoms with Gasteiger partial charge >= 0.3 is 0 Å². The zero-order valence-corrected chi connectivity index (χ0v) is 15.2. The molecule has 0 bridgehead atoms. The number of piperazine rings is 1. The smallest absolute Gasteiger partial charge is 0.235 e. The van der Waals surface area contributed by atoms with E-state index in [1.807, 2.05) is 30.0 Å². The van der Waals surface area contributed by atoms with Crippen molar-refractivity contribution in [1.29, 1.82) is 0 Å². The maximum Gasteiger partial charge on any atom is 0.235 e. The van der Waals surface area contributed by atoms with E-state index in [0.717, 1.165) is 24.5 Å². The molecule has 25 heavy (non-hydrogen) atoms. The highest BCUT2D eigenvalue weighted by Gasteiger charge is 2.25. The van der Waals surface area contributed by atoms with Crippen LogP contribution in [0.3, 0.4) is 0 Å². The van der Waals surface area contributed by atoms with Gasteiger partial charge < -0.3 is 9.80 Å². The predicted molar refractivity (Wildman–Crippen MR) is 102 cm³/mol. The van der Waals surface area contributed by atoms with Crippen molar-refractivity contribution < 1.29 is 9.18 Å². The van der Waals surface area contributed by atoms with Crippen LogP contribution in [0.4, 0.5) is 10.1 Å². The number of anilines is 1. The molecule has 1 saturated heterocycles. The molecule has 0 spiro atoms. The van der Waals surface area contributed by atoms with Gasteiger partial charge in [-0.1, -0.05) is 30.3 Å². The Labute approximate surface area is 152 Å². The summed E-state index contributed by atoms with van der Waals surface area (Å²) in [5.41, 5.74) is 2.26. The number of carbonyl (C=O) groups excluding carboxylic acids is 1. The topological polar surface area (TPSA) is 23.6 Å². The summed E-state index contributed by atoms with van der Waals surface area (Å²) in [5, 5.41) is -0.0439. The van der Waals surface area contributed by atoms with Crippen LogP contribution in [0, 0.1) is 5.82 Å². The summed E-state index contributed by atoms with van der Waals surface area (Å²) < 4.78 is 13.0. The summed E-state index contributed by atoms with van der Waals surface area (Å²) >= 11 is 1.68. The number of rotatable bonds is 5. The van der Waals surface area contributed by atoms with Gasteiger partial charge in [-0.05, 0) is 36.8 Å². The summed E-state index contributed by atoms with van der Waals surface area (Å²) in [4.78, 5) is 16.8. The molecule has 0 unspecified atom stereocenters. The lowest BCUT2D eigenvalue weighted by Gasteiger charge is -2.37. The first-order valence-corrected chi connectivity index (χ1v) is 9.63. The van der Waals surface area contributed by atoms with Crippen molar-refractivity contribution in [2.75, 3.05) is 31.1 Å². The number of hydrogen-bond acceptors (Lipinski definition) is 3. The first kappa shape index (κ1) is 17.8. The number of carbonyl (C=O) groups is 1. The molecule has 0 aliphatic carbocycles. The van der Waals surface area contributed by atoms with E-state index in [4.69, 9.17) is 0 Å². The molecule has 1 heterocycles. The van der Waals surface area contributed by atoms with Crippen molar-refractivity contribution in [3.05, 3.63) is 66.0 Å². The second-order valence-electron chi connectivity index (χ2n) is 6.23. The maximum atomic E-state index is 13.0. The highest BCUT2D eigenvalue weighted by Crippen LogP contribution is 2.21. The number of hydrogen-bond donors (Lipinski definition) is 0. The minimum atomic E-state index is -0.221. The molecule has 2 aromatic carbocycles. The van der Waals surface area contributed by atoms with Crippen LogP contribution in [0.2, 0.25) is 0 Å². The predicted octanol–water partition coefficient (Wildman–Crippen LogP) is 3.80. The quantitative estimate of drug-likeness (QED) is 0.812. The molecule has 0 aromatic heterocycles. The molecule has 1 aliphatic rings. The van der Waals surface area contributed by atoms with Crippen molar-refractivity contribution in [2.45, 2.75) is 17.9 Å². The van der Waals surface area contributed by atoms with E-state index in [1.54, 1.807) is 23.9 Å². The molecular weight excluding hydrogens is 335 g/mol. The second-order valence-corrected chi connectivity index (χ2v) is 7.56. The molecule has 0 saturated carbocycles. The molecule has 2 aromatic rings. The largest absolute Gasteiger partial charge is 0.368 e. The van der Waals surface area contributed by atoms with Crippen LogP contribution in [0.5, 0.6) is 0 Å². The monoisotopic (exact) mass is 358 g/mol. The molecule has 1 fully saturated rings. The second kappa shape index (κ2) is 8.39. The van der Waals surface area contributed by atoms with E-state index < -0.39 is 0 Å². The Kier molecular flexibility index (Phi) is 5.97. The van der Waals surface area contributed by atoms with Gasteiger partial charge in [0.2, 0.25) is 5.91 Å². The molecule has 1 atom stereocenters. The zero-order valence-electron chi connectivity index (χ0n) is 14.4. The third-order valence-electron chi connectivity index (χ3n) is 4.47. The molecule has 3 rings (SSSR count). The fourth-order valence-electron chi connectivity index (χ4n) is 2.96. The average Bonchev–Trinajstić information content (AvgIpc) is 2.67. The molecule has 3 nitrogen and oxygen atoms in total. The Balaban J connectivity index is 1.48. The highest BCUT2D eigenvalue weighted by molar-refractivity contribution is 7.99. The van der Waals surface area contributed by atoms with Gasteiger partial charge in [-0.3, -0.25) is 4.79 Å². The number of nitrogens with zero attached hydrogens (tertiary/aromatic N) is 2. The van der Waals surface area contributed by atoms with E-state index in [-0.39, 0.29) is 17.0 Å². The van der Waals surface area contributed by atoms with Crippen LogP contribution in [0.1, 0.15) is 12.5 Å². The van der Waals surface area contributed by atoms with Crippen molar-refractivity contribution >= 4 is 23.4 Å². The fourth-order valence-corrected chi connectivity index (χ4v) is 3.89. The lowest BCUT2D eigenvalue weighted by Crippen LogP contribution is -2.50. The van der Waals surface area contributed by atoms with Gasteiger partial charge in [-0.2, -0.15) is 0 Å². The molecule has 132 valence electrons. The van der Waals surface area contributed by atoms with Crippen molar-refractivity contribution in [3.63, 3.8) is 0 Å². The van der Waals surface area contributed by atoms with Crippen LogP contribution in [0.25, 0.3) is 0 Å². The summed E-state index contributed by atoms with van der Waals surface area (Å²) in [6.45, 7) is 4.99. The van der Waals surface area contributed by atoms with Crippen molar-refractivity contribution in [3.8, 4) is 0 Å². The first-order chi connectivity index (χ1) is 12.1. The Bertz CT molecular complexity index is 685. The molecular formula is C20H23FN2OS. The lowest BCUT2D eigenvalue weighted by molar-refractivity contribution is -0.130. The number of halogens is 1. The molecule has 1 aliphatic heterocycles. The van der Waals surface area contributed by atoms with Gasteiger partial charge in [0, 0.05) is 37.6 Å². The highest BCUT2D eigenvalue weighted by atomic mass is 32.2. The van der Waals surface area contributed by atoms with E-state index in [2.05, 4.69) is 17.0 Å². The third-order valence-corrected chi connectivity index (χ3v) is 5.68. The molecule has 0 N–H and O–H groups in total. The first-order valence-electron chi connectivity index (χ1n) is 8.58. The Morgan fingerprint density at radius 3 is 2.32 bits per heavy atom. The minimum Gasteiger partial charge on any atom is -0.368 e. The SMILES string of the molecule is C[C@H](SCc1ccccc1)C(=O)N1CCN(c2ccc(F)cc2)CC1. The van der Waals surface area contributed by atoms with Gasteiger partial charge in [0.1, 0.15) is 5.82 Å². The number of benzene rings is 2. The summed E-state index contributed by atoms with van der Waals surface area (Å²) in [6.07, 6.45) is 0. The van der Waals surface area contributed by atoms with Crippen LogP contribution >= 0.6 is 11.8 Å². The van der Waals surface area contributed by atoms with E-state index in [9.17, 15) is 9.18 Å².